The molecule has 1 aromatic carbocycles. The van der Waals surface area contributed by atoms with Crippen molar-refractivity contribution in [2.24, 2.45) is 5.73 Å². The first kappa shape index (κ1) is 22.4. The molecular weight excluding hydrogens is 406 g/mol. The molecule has 1 saturated carbocycles. The minimum Gasteiger partial charge on any atom is -0.444 e. The van der Waals surface area contributed by atoms with Gasteiger partial charge in [0, 0.05) is 24.2 Å². The molecule has 0 spiro atoms. The third-order valence-electron chi connectivity index (χ3n) is 6.47. The zero-order chi connectivity index (χ0) is 21.9. The molecule has 1 saturated heterocycles. The minimum atomic E-state index is -0.776. The Labute approximate surface area is 182 Å². The van der Waals surface area contributed by atoms with Gasteiger partial charge in [0.05, 0.1) is 0 Å². The minimum absolute atomic E-state index is 0.0609. The summed E-state index contributed by atoms with van der Waals surface area (Å²) in [6, 6.07) is 7.97. The van der Waals surface area contributed by atoms with E-state index in [0.29, 0.717) is 24.5 Å². The second kappa shape index (κ2) is 8.84. The Bertz CT molecular complexity index is 818. The molecule has 8 heteroatoms. The Balaban J connectivity index is 1.78. The van der Waals surface area contributed by atoms with Crippen molar-refractivity contribution in [3.05, 3.63) is 34.9 Å². The molecule has 1 aliphatic carbocycles. The van der Waals surface area contributed by atoms with Gasteiger partial charge < -0.3 is 20.7 Å². The Morgan fingerprint density at radius 1 is 1.33 bits per heavy atom. The number of ether oxygens (including phenoxy) is 1. The van der Waals surface area contributed by atoms with Crippen LogP contribution in [-0.2, 0) is 19.7 Å². The van der Waals surface area contributed by atoms with E-state index in [0.717, 1.165) is 37.7 Å². The second-order valence-corrected chi connectivity index (χ2v) is 9.39. The van der Waals surface area contributed by atoms with E-state index < -0.39 is 23.5 Å². The lowest BCUT2D eigenvalue weighted by atomic mass is 9.64. The molecule has 0 radical (unpaired) electrons. The number of hydrogen-bond acceptors (Lipinski definition) is 4. The lowest BCUT2D eigenvalue weighted by molar-refractivity contribution is -0.150. The van der Waals surface area contributed by atoms with Gasteiger partial charge >= 0.3 is 17.9 Å². The molecule has 3 amide bonds. The molecule has 0 aromatic heterocycles. The number of primary amides is 1. The van der Waals surface area contributed by atoms with Gasteiger partial charge in [-0.05, 0) is 75.5 Å². The smallest absolute Gasteiger partial charge is 0.405 e. The normalized spacial score (nSPS) is 25.0. The molecule has 30 heavy (non-hydrogen) atoms. The number of nitrogens with zero attached hydrogens (tertiary/aromatic N) is 1. The summed E-state index contributed by atoms with van der Waals surface area (Å²) in [5, 5.41) is 3.29. The fourth-order valence-electron chi connectivity index (χ4n) is 4.78. The first-order valence-corrected chi connectivity index (χ1v) is 10.8. The number of halogens is 1. The maximum atomic E-state index is 12.3. The van der Waals surface area contributed by atoms with Crippen LogP contribution in [-0.4, -0.2) is 47.5 Å². The van der Waals surface area contributed by atoms with E-state index in [2.05, 4.69) is 11.4 Å². The maximum Gasteiger partial charge on any atom is 0.405 e. The van der Waals surface area contributed by atoms with Crippen LogP contribution in [0.25, 0.3) is 0 Å². The molecule has 2 fully saturated rings. The van der Waals surface area contributed by atoms with Crippen molar-refractivity contribution in [3.8, 4) is 0 Å². The summed E-state index contributed by atoms with van der Waals surface area (Å²) in [6.07, 6.45) is 4.01. The van der Waals surface area contributed by atoms with E-state index in [1.54, 1.807) is 4.90 Å². The number of carbonyl (C=O) groups excluding carboxylic acids is 3. The van der Waals surface area contributed by atoms with Gasteiger partial charge in [-0.15, -0.1) is 0 Å². The van der Waals surface area contributed by atoms with Crippen LogP contribution in [0, 0.1) is 0 Å². The number of hydrogen-bond donors (Lipinski definition) is 2. The second-order valence-electron chi connectivity index (χ2n) is 8.96. The summed E-state index contributed by atoms with van der Waals surface area (Å²) >= 11 is 6.29. The zero-order valence-electron chi connectivity index (χ0n) is 17.6. The summed E-state index contributed by atoms with van der Waals surface area (Å²) < 4.78 is 5.29. The summed E-state index contributed by atoms with van der Waals surface area (Å²) in [4.78, 5) is 37.0. The highest BCUT2D eigenvalue weighted by molar-refractivity contribution is 6.35. The van der Waals surface area contributed by atoms with Crippen molar-refractivity contribution >= 4 is 29.5 Å². The van der Waals surface area contributed by atoms with E-state index in [9.17, 15) is 14.4 Å². The molecular formula is C22H30ClN3O4. The molecule has 3 rings (SSSR count). The number of nitrogens with two attached hydrogens (primary N) is 1. The number of benzene rings is 1. The molecule has 1 aromatic rings. The first-order chi connectivity index (χ1) is 14.1. The quantitative estimate of drug-likeness (QED) is 0.670. The molecule has 3 N–H and O–H groups in total. The van der Waals surface area contributed by atoms with Gasteiger partial charge in [0.25, 0.3) is 0 Å². The van der Waals surface area contributed by atoms with Crippen LogP contribution < -0.4 is 11.1 Å². The highest BCUT2D eigenvalue weighted by atomic mass is 35.5. The van der Waals surface area contributed by atoms with Crippen molar-refractivity contribution in [3.63, 3.8) is 0 Å². The Kier molecular flexibility index (Phi) is 6.60. The maximum absolute atomic E-state index is 12.3. The molecule has 0 bridgehead atoms. The third kappa shape index (κ3) is 5.06. The molecule has 1 aliphatic heterocycles. The molecule has 0 unspecified atom stereocenters. The Hall–Kier alpha value is -2.28. The highest BCUT2D eigenvalue weighted by Gasteiger charge is 2.42. The van der Waals surface area contributed by atoms with Gasteiger partial charge in [0.15, 0.2) is 0 Å². The standard InChI is InChI=1S/C22H30ClN3O4/c1-21(2,30-20(24)29)10-11-22(15-4-3-5-16(23)14-15)8-6-17(7-9-22)26-13-12-25-18(27)19(26)28/h3-5,14,17H,6-13H2,1-2H3,(H2,24,29)(H,25,27). The predicted octanol–water partition coefficient (Wildman–Crippen LogP) is 3.13. The summed E-state index contributed by atoms with van der Waals surface area (Å²) in [7, 11) is 0. The van der Waals surface area contributed by atoms with Crippen LogP contribution >= 0.6 is 11.6 Å². The van der Waals surface area contributed by atoms with Gasteiger partial charge in [-0.25, -0.2) is 4.79 Å². The summed E-state index contributed by atoms with van der Waals surface area (Å²) in [6.45, 7) is 4.78. The van der Waals surface area contributed by atoms with Gasteiger partial charge in [-0.2, -0.15) is 0 Å². The topological polar surface area (TPSA) is 102 Å². The lowest BCUT2D eigenvalue weighted by Crippen LogP contribution is -2.57. The number of piperazine rings is 1. The summed E-state index contributed by atoms with van der Waals surface area (Å²) in [5.41, 5.74) is 5.58. The highest BCUT2D eigenvalue weighted by Crippen LogP contribution is 2.46. The van der Waals surface area contributed by atoms with E-state index in [-0.39, 0.29) is 11.5 Å². The number of amides is 3. The van der Waals surface area contributed by atoms with Crippen molar-refractivity contribution < 1.29 is 19.1 Å². The Morgan fingerprint density at radius 3 is 2.67 bits per heavy atom. The fourth-order valence-corrected chi connectivity index (χ4v) is 4.97. The van der Waals surface area contributed by atoms with Gasteiger partial charge in [-0.3, -0.25) is 9.59 Å². The number of rotatable bonds is 6. The van der Waals surface area contributed by atoms with Crippen LogP contribution in [0.5, 0.6) is 0 Å². The monoisotopic (exact) mass is 435 g/mol. The van der Waals surface area contributed by atoms with Crippen LogP contribution in [0.15, 0.2) is 24.3 Å². The average molecular weight is 436 g/mol. The molecule has 7 nitrogen and oxygen atoms in total. The molecule has 0 atom stereocenters. The van der Waals surface area contributed by atoms with Crippen LogP contribution in [0.3, 0.4) is 0 Å². The fraction of sp³-hybridized carbons (Fsp3) is 0.591. The number of carbonyl (C=O) groups is 3. The van der Waals surface area contributed by atoms with Gasteiger partial charge in [0.1, 0.15) is 5.60 Å². The van der Waals surface area contributed by atoms with Crippen molar-refractivity contribution in [2.45, 2.75) is 69.4 Å². The van der Waals surface area contributed by atoms with Crippen LogP contribution in [0.4, 0.5) is 4.79 Å². The van der Waals surface area contributed by atoms with Crippen molar-refractivity contribution in [2.75, 3.05) is 13.1 Å². The van der Waals surface area contributed by atoms with Gasteiger partial charge in [-0.1, -0.05) is 23.7 Å². The number of nitrogens with one attached hydrogen (secondary N) is 1. The molecule has 2 aliphatic rings. The average Bonchev–Trinajstić information content (AvgIpc) is 2.68. The van der Waals surface area contributed by atoms with E-state index in [1.165, 1.54) is 0 Å². The lowest BCUT2D eigenvalue weighted by Gasteiger charge is -2.45. The van der Waals surface area contributed by atoms with E-state index in [1.807, 2.05) is 32.0 Å². The SMILES string of the molecule is CC(C)(CCC1(c2cccc(Cl)c2)CCC(N2CCNC(=O)C2=O)CC1)OC(N)=O. The third-order valence-corrected chi connectivity index (χ3v) is 6.70. The zero-order valence-corrected chi connectivity index (χ0v) is 18.3. The van der Waals surface area contributed by atoms with E-state index in [4.69, 9.17) is 22.1 Å². The molecule has 164 valence electrons. The van der Waals surface area contributed by atoms with Crippen molar-refractivity contribution in [1.29, 1.82) is 0 Å². The Morgan fingerprint density at radius 2 is 2.03 bits per heavy atom. The molecule has 1 heterocycles. The largest absolute Gasteiger partial charge is 0.444 e. The predicted molar refractivity (Wildman–Crippen MR) is 114 cm³/mol. The first-order valence-electron chi connectivity index (χ1n) is 10.5. The van der Waals surface area contributed by atoms with E-state index >= 15 is 0 Å². The van der Waals surface area contributed by atoms with Crippen LogP contribution in [0.2, 0.25) is 5.02 Å². The summed E-state index contributed by atoms with van der Waals surface area (Å²) in [5.74, 6) is -0.948. The van der Waals surface area contributed by atoms with Crippen molar-refractivity contribution in [1.82, 2.24) is 10.2 Å². The van der Waals surface area contributed by atoms with Gasteiger partial charge in [0.2, 0.25) is 0 Å². The van der Waals surface area contributed by atoms with Crippen LogP contribution in [0.1, 0.15) is 57.9 Å².